The van der Waals surface area contributed by atoms with Crippen LogP contribution in [0.15, 0.2) is 540 Å². The molecule has 0 fully saturated rings. The number of anilines is 3. The van der Waals surface area contributed by atoms with Crippen LogP contribution in [-0.2, 0) is 22.7 Å². The van der Waals surface area contributed by atoms with E-state index < -0.39 is 16.2 Å². The van der Waals surface area contributed by atoms with Crippen LogP contribution < -0.4 is 10.2 Å². The zero-order valence-electron chi connectivity index (χ0n) is 82.3. The van der Waals surface area contributed by atoms with Crippen molar-refractivity contribution in [3.05, 3.63) is 618 Å². The summed E-state index contributed by atoms with van der Waals surface area (Å²) in [6.45, 7) is 2.17. The molecule has 0 saturated carbocycles. The number of imidazole rings is 1. The Labute approximate surface area is 869 Å². The summed E-state index contributed by atoms with van der Waals surface area (Å²) in [5.41, 5.74) is 46.5. The van der Waals surface area contributed by atoms with Crippen LogP contribution >= 0.6 is 0 Å². The van der Waals surface area contributed by atoms with Gasteiger partial charge in [0.15, 0.2) is 0 Å². The van der Waals surface area contributed by atoms with Crippen molar-refractivity contribution in [2.75, 3.05) is 10.2 Å². The SMILES string of the molecule is CCc1nc2ccccc2n1-c1ccc(-c2ccc(C3(c4ccccc4)c4ccccc4-n4c5ccccc5c5cccc3c54)cc2)cc1.c1ccc(C2(c3ccc(-c4ccc(-c5cccc6cccnc56)cc4)cc3)c3ccccc3-n3c4ccccc4c4cccc2c43)cc1.c1ccc(C2(c3ccc(-c4ccc5c(c4)-c4ccccc4N4c6ccccc6NC54)cc3)c3ccccc3-n3c4ccccc4c4cccc2c43)cc1. The van der Waals surface area contributed by atoms with Crippen molar-refractivity contribution in [1.82, 2.24) is 28.2 Å². The number of nitrogens with one attached hydrogen (secondary N) is 1. The normalized spacial score (nSPS) is 16.0. The third kappa shape index (κ3) is 12.6. The Kier molecular flexibility index (Phi) is 19.7. The summed E-state index contributed by atoms with van der Waals surface area (Å²) in [4.78, 5) is 12.0. The number of hydrogen-bond acceptors (Lipinski definition) is 4. The van der Waals surface area contributed by atoms with Crippen LogP contribution in [0, 0.1) is 0 Å². The fraction of sp³-hybridized carbons (Fsp3) is 0.0423. The van der Waals surface area contributed by atoms with E-state index in [0.29, 0.717) is 0 Å². The Bertz CT molecular complexity index is 10100. The molecule has 22 aromatic carbocycles. The Morgan fingerprint density at radius 3 is 1.07 bits per heavy atom. The molecule has 150 heavy (non-hydrogen) atoms. The third-order valence-electron chi connectivity index (χ3n) is 32.9. The molecule has 8 nitrogen and oxygen atoms in total. The number of para-hydroxylation sites is 15. The zero-order valence-corrected chi connectivity index (χ0v) is 82.3. The van der Waals surface area contributed by atoms with Crippen LogP contribution in [0.5, 0.6) is 0 Å². The number of aryl methyl sites for hydroxylation is 1. The summed E-state index contributed by atoms with van der Waals surface area (Å²) in [6.07, 6.45) is 2.80. The minimum atomic E-state index is -0.512. The van der Waals surface area contributed by atoms with Gasteiger partial charge < -0.3 is 23.9 Å². The van der Waals surface area contributed by atoms with Gasteiger partial charge >= 0.3 is 0 Å². The predicted molar refractivity (Wildman–Crippen MR) is 619 cm³/mol. The van der Waals surface area contributed by atoms with Crippen LogP contribution in [0.3, 0.4) is 0 Å². The highest BCUT2D eigenvalue weighted by Crippen LogP contribution is 2.61. The molecular formula is C142H96N8. The van der Waals surface area contributed by atoms with E-state index in [1.807, 2.05) is 12.3 Å². The molecule has 0 aliphatic carbocycles. The molecule has 4 unspecified atom stereocenters. The maximum atomic E-state index is 4.89. The first-order valence-corrected chi connectivity index (χ1v) is 52.2. The lowest BCUT2D eigenvalue weighted by molar-refractivity contribution is 0.728. The number of nitrogens with zero attached hydrogens (tertiary/aromatic N) is 7. The van der Waals surface area contributed by atoms with Gasteiger partial charge in [-0.3, -0.25) is 9.55 Å². The van der Waals surface area contributed by atoms with E-state index in [0.717, 1.165) is 45.4 Å². The maximum Gasteiger partial charge on any atom is 0.131 e. The van der Waals surface area contributed by atoms with E-state index in [1.54, 1.807) is 0 Å². The highest BCUT2D eigenvalue weighted by atomic mass is 15.3. The Morgan fingerprint density at radius 2 is 0.593 bits per heavy atom. The van der Waals surface area contributed by atoms with E-state index >= 15 is 0 Å². The van der Waals surface area contributed by atoms with Crippen molar-refractivity contribution < 1.29 is 0 Å². The van der Waals surface area contributed by atoms with E-state index in [4.69, 9.17) is 4.98 Å². The molecule has 0 radical (unpaired) electrons. The fourth-order valence-electron chi connectivity index (χ4n) is 26.6. The average molecular weight is 1910 g/mol. The molecule has 27 aromatic rings. The van der Waals surface area contributed by atoms with Gasteiger partial charge in [0, 0.05) is 72.7 Å². The quantitative estimate of drug-likeness (QED) is 0.132. The number of aromatic nitrogens is 6. The van der Waals surface area contributed by atoms with Crippen molar-refractivity contribution in [1.29, 1.82) is 0 Å². The zero-order chi connectivity index (χ0) is 98.9. The molecule has 5 aromatic heterocycles. The minimum Gasteiger partial charge on any atom is -0.359 e. The second-order valence-electron chi connectivity index (χ2n) is 40.3. The van der Waals surface area contributed by atoms with Crippen LogP contribution in [-0.4, -0.2) is 28.2 Å². The van der Waals surface area contributed by atoms with Gasteiger partial charge in [-0.15, -0.1) is 0 Å². The summed E-state index contributed by atoms with van der Waals surface area (Å²) in [6, 6.07) is 196. The first kappa shape index (κ1) is 86.2. The third-order valence-corrected chi connectivity index (χ3v) is 32.9. The lowest BCUT2D eigenvalue weighted by atomic mass is 9.63. The summed E-state index contributed by atoms with van der Waals surface area (Å²) < 4.78 is 9.75. The van der Waals surface area contributed by atoms with Crippen molar-refractivity contribution in [3.63, 3.8) is 0 Å². The molecule has 10 heterocycles. The summed E-state index contributed by atoms with van der Waals surface area (Å²) in [5, 5.41) is 12.7. The molecule has 704 valence electrons. The van der Waals surface area contributed by atoms with E-state index in [9.17, 15) is 0 Å². The standard InChI is InChI=1S/C50H33N3.C46H33N3.C46H30N2/c1-2-13-34(14-3-1)50(41-18-6-10-23-46(41)52-44-21-8-4-15-36(44)38-17-12-19-42(50)48(38)52)35-28-25-32(26-29-35)33-27-30-39-40(31-33)37-16-5-9-22-45(37)53-47-24-11-7-20-43(47)51-49(39)53;1-2-44-47-40-19-8-11-22-43(40)48(44)35-29-25-32(26-30-35)31-23-27-34(28-24-31)46(33-13-4-3-5-14-33)38-17-7-10-21-42(38)49-41-20-9-6-15-36(41)37-16-12-18-39(46)45(37)49;1-2-13-35(14-3-1)46(40-18-5-7-21-43(40)48-42-20-6-4-15-38(42)39-17-9-19-41(46)45(39)48)36-28-26-32(27-29-36)31-22-24-33(25-23-31)37-16-8-11-34-12-10-30-47-44(34)37/h1-31,49,51H;3-30H,2H2,1H3;1-30H. The molecule has 5 aliphatic heterocycles. The molecule has 1 N–H and O–H groups in total. The summed E-state index contributed by atoms with van der Waals surface area (Å²) in [7, 11) is 0. The van der Waals surface area contributed by atoms with E-state index in [2.05, 4.69) is 568 Å². The van der Waals surface area contributed by atoms with Crippen LogP contribution in [0.25, 0.3) is 166 Å². The summed E-state index contributed by atoms with van der Waals surface area (Å²) in [5.74, 6) is 1.08. The van der Waals surface area contributed by atoms with Gasteiger partial charge in [-0.05, 0) is 202 Å². The minimum absolute atomic E-state index is 0.0594. The van der Waals surface area contributed by atoms with Crippen LogP contribution in [0.1, 0.15) is 91.2 Å². The van der Waals surface area contributed by atoms with E-state index in [-0.39, 0.29) is 6.17 Å². The van der Waals surface area contributed by atoms with Gasteiger partial charge in [0.05, 0.1) is 100 Å². The van der Waals surface area contributed by atoms with Gasteiger partial charge in [0.1, 0.15) is 12.0 Å². The Balaban J connectivity index is 0.000000104. The van der Waals surface area contributed by atoms with Gasteiger partial charge in [-0.2, -0.15) is 0 Å². The topological polar surface area (TPSA) is 60.8 Å². The molecular weight excluding hydrogens is 1820 g/mol. The average Bonchev–Trinajstić information content (AvgIpc) is 1.49. The van der Waals surface area contributed by atoms with Gasteiger partial charge in [-0.1, -0.05) is 450 Å². The van der Waals surface area contributed by atoms with Gasteiger partial charge in [-0.25, -0.2) is 4.98 Å². The first-order chi connectivity index (χ1) is 74.4. The predicted octanol–water partition coefficient (Wildman–Crippen LogP) is 34.8. The molecule has 8 heteroatoms. The second kappa shape index (κ2) is 34.2. The number of hydrogen-bond donors (Lipinski definition) is 1. The van der Waals surface area contributed by atoms with Gasteiger partial charge in [0.2, 0.25) is 0 Å². The van der Waals surface area contributed by atoms with Crippen molar-refractivity contribution in [3.8, 4) is 78.4 Å². The Morgan fingerprint density at radius 1 is 0.247 bits per heavy atom. The highest BCUT2D eigenvalue weighted by Gasteiger charge is 2.50. The van der Waals surface area contributed by atoms with Crippen molar-refractivity contribution in [2.45, 2.75) is 35.8 Å². The molecule has 5 aliphatic rings. The fourth-order valence-corrected chi connectivity index (χ4v) is 26.6. The second-order valence-corrected chi connectivity index (χ2v) is 40.3. The largest absolute Gasteiger partial charge is 0.359 e. The molecule has 32 rings (SSSR count). The number of benzene rings is 22. The number of rotatable bonds is 12. The van der Waals surface area contributed by atoms with Gasteiger partial charge in [0.25, 0.3) is 0 Å². The molecule has 0 saturated heterocycles. The molecule has 0 bridgehead atoms. The van der Waals surface area contributed by atoms with Crippen molar-refractivity contribution in [2.24, 2.45) is 0 Å². The Hall–Kier alpha value is -19.3. The first-order valence-electron chi connectivity index (χ1n) is 52.2. The maximum absolute atomic E-state index is 4.89. The monoisotopic (exact) mass is 1910 g/mol. The molecule has 4 atom stereocenters. The van der Waals surface area contributed by atoms with E-state index in [1.165, 1.54) is 222 Å². The number of pyridine rings is 1. The number of fused-ring (bicyclic) bond motifs is 25. The van der Waals surface area contributed by atoms with Crippen LogP contribution in [0.4, 0.5) is 17.1 Å². The molecule has 0 spiro atoms. The lowest BCUT2D eigenvalue weighted by Crippen LogP contribution is -2.35. The highest BCUT2D eigenvalue weighted by molar-refractivity contribution is 6.15. The smallest absolute Gasteiger partial charge is 0.131 e. The molecule has 0 amide bonds. The summed E-state index contributed by atoms with van der Waals surface area (Å²) >= 11 is 0. The van der Waals surface area contributed by atoms with Crippen molar-refractivity contribution >= 4 is 104 Å². The lowest BCUT2D eigenvalue weighted by Gasteiger charge is -2.41. The van der Waals surface area contributed by atoms with Crippen LogP contribution in [0.2, 0.25) is 0 Å².